The van der Waals surface area contributed by atoms with Gasteiger partial charge in [0.15, 0.2) is 12.4 Å². The van der Waals surface area contributed by atoms with Gasteiger partial charge in [-0.15, -0.1) is 0 Å². The lowest BCUT2D eigenvalue weighted by Gasteiger charge is -1.85. The molecule has 0 atom stereocenters. The Morgan fingerprint density at radius 1 is 1.38 bits per heavy atom. The Labute approximate surface area is 47.8 Å². The molecule has 0 spiro atoms. The molecule has 8 heavy (non-hydrogen) atoms. The zero-order chi connectivity index (χ0) is 5.82. The van der Waals surface area contributed by atoms with E-state index in [1.165, 1.54) is 0 Å². The zero-order valence-corrected chi connectivity index (χ0v) is 4.46. The van der Waals surface area contributed by atoms with Gasteiger partial charge >= 0.3 is 0 Å². The molecule has 0 aliphatic heterocycles. The van der Waals surface area contributed by atoms with E-state index in [9.17, 15) is 0 Å². The first-order chi connectivity index (χ1) is 3.93. The van der Waals surface area contributed by atoms with Crippen LogP contribution in [0, 0.1) is 0 Å². The van der Waals surface area contributed by atoms with Gasteiger partial charge in [-0.1, -0.05) is 0 Å². The van der Waals surface area contributed by atoms with Gasteiger partial charge in [0, 0.05) is 12.1 Å². The number of hydrogen-bond donors (Lipinski definition) is 1. The fourth-order valence-corrected chi connectivity index (χ4v) is 0.527. The van der Waals surface area contributed by atoms with Gasteiger partial charge in [0.25, 0.3) is 0 Å². The topological polar surface area (TPSA) is 34.4 Å². The Balaban J connectivity index is 2.83. The van der Waals surface area contributed by atoms with Gasteiger partial charge in [-0.3, -0.25) is 0 Å². The van der Waals surface area contributed by atoms with Crippen LogP contribution in [0.15, 0.2) is 24.5 Å². The Bertz CT molecular complexity index is 150. The Morgan fingerprint density at radius 3 is 2.38 bits per heavy atom. The quantitative estimate of drug-likeness (QED) is 0.542. The summed E-state index contributed by atoms with van der Waals surface area (Å²) in [6, 6.07) is 3.67. The van der Waals surface area contributed by atoms with Crippen LogP contribution in [-0.4, -0.2) is 5.11 Å². The Morgan fingerprint density at radius 2 is 2.00 bits per heavy atom. The molecule has 0 bridgehead atoms. The second-order valence-electron chi connectivity index (χ2n) is 1.57. The first-order valence-corrected chi connectivity index (χ1v) is 2.49. The molecule has 1 aromatic rings. The maximum atomic E-state index is 8.52. The molecular weight excluding hydrogens is 102 g/mol. The van der Waals surface area contributed by atoms with E-state index >= 15 is 0 Å². The standard InChI is InChI=1S/C6H7NO/c8-5-6-1-3-7-4-2-6/h1-4,8H,5H2/p+1. The van der Waals surface area contributed by atoms with Crippen LogP contribution in [0.4, 0.5) is 0 Å². The van der Waals surface area contributed by atoms with Crippen molar-refractivity contribution in [3.63, 3.8) is 0 Å². The maximum Gasteiger partial charge on any atom is 0.167 e. The predicted octanol–water partition coefficient (Wildman–Crippen LogP) is -0.00700. The normalized spacial score (nSPS) is 9.12. The van der Waals surface area contributed by atoms with Crippen LogP contribution >= 0.6 is 0 Å². The van der Waals surface area contributed by atoms with E-state index in [2.05, 4.69) is 4.98 Å². The van der Waals surface area contributed by atoms with E-state index in [-0.39, 0.29) is 6.61 Å². The van der Waals surface area contributed by atoms with E-state index < -0.39 is 0 Å². The minimum absolute atomic E-state index is 0.120. The van der Waals surface area contributed by atoms with Gasteiger partial charge in [-0.25, -0.2) is 4.98 Å². The molecule has 0 aromatic carbocycles. The van der Waals surface area contributed by atoms with Gasteiger partial charge in [0.05, 0.1) is 6.61 Å². The average Bonchev–Trinajstić information content (AvgIpc) is 1.90. The number of aliphatic hydroxyl groups is 1. The number of H-pyrrole nitrogens is 1. The first kappa shape index (κ1) is 5.25. The summed E-state index contributed by atoms with van der Waals surface area (Å²) in [7, 11) is 0. The smallest absolute Gasteiger partial charge is 0.167 e. The summed E-state index contributed by atoms with van der Waals surface area (Å²) >= 11 is 0. The van der Waals surface area contributed by atoms with Gasteiger partial charge < -0.3 is 5.11 Å². The van der Waals surface area contributed by atoms with E-state index in [0.717, 1.165) is 5.56 Å². The molecule has 0 aliphatic rings. The van der Waals surface area contributed by atoms with Crippen molar-refractivity contribution in [1.82, 2.24) is 0 Å². The lowest BCUT2D eigenvalue weighted by atomic mass is 10.3. The van der Waals surface area contributed by atoms with E-state index in [1.54, 1.807) is 12.4 Å². The number of rotatable bonds is 1. The fraction of sp³-hybridized carbons (Fsp3) is 0.167. The molecule has 0 fully saturated rings. The van der Waals surface area contributed by atoms with Gasteiger partial charge in [0.1, 0.15) is 0 Å². The molecule has 0 radical (unpaired) electrons. The Hall–Kier alpha value is -0.890. The molecule has 2 nitrogen and oxygen atoms in total. The van der Waals surface area contributed by atoms with Crippen molar-refractivity contribution in [2.45, 2.75) is 6.61 Å². The number of pyridine rings is 1. The van der Waals surface area contributed by atoms with Crippen LogP contribution < -0.4 is 4.98 Å². The fourth-order valence-electron chi connectivity index (χ4n) is 0.527. The Kier molecular flexibility index (Phi) is 1.59. The second-order valence-corrected chi connectivity index (χ2v) is 1.57. The summed E-state index contributed by atoms with van der Waals surface area (Å²) in [4.78, 5) is 2.86. The molecular formula is C6H8NO+. The molecule has 1 rings (SSSR count). The average molecular weight is 110 g/mol. The van der Waals surface area contributed by atoms with Crippen LogP contribution in [0.1, 0.15) is 5.56 Å². The summed E-state index contributed by atoms with van der Waals surface area (Å²) in [5.41, 5.74) is 0.934. The lowest BCUT2D eigenvalue weighted by Crippen LogP contribution is -1.97. The predicted molar refractivity (Wildman–Crippen MR) is 28.9 cm³/mol. The highest BCUT2D eigenvalue weighted by Crippen LogP contribution is 1.90. The molecule has 0 saturated carbocycles. The number of nitrogens with one attached hydrogen (secondary N) is 1. The van der Waals surface area contributed by atoms with Gasteiger partial charge in [-0.05, 0) is 5.56 Å². The van der Waals surface area contributed by atoms with Crippen molar-refractivity contribution in [2.24, 2.45) is 0 Å². The molecule has 0 amide bonds. The number of aliphatic hydroxyl groups excluding tert-OH is 1. The SMILES string of the molecule is OCc1cc[nH+]cc1. The third-order valence-electron chi connectivity index (χ3n) is 0.970. The third-order valence-corrected chi connectivity index (χ3v) is 0.970. The van der Waals surface area contributed by atoms with Crippen molar-refractivity contribution in [3.8, 4) is 0 Å². The van der Waals surface area contributed by atoms with Crippen molar-refractivity contribution in [3.05, 3.63) is 30.1 Å². The van der Waals surface area contributed by atoms with E-state index in [4.69, 9.17) is 5.11 Å². The summed E-state index contributed by atoms with van der Waals surface area (Å²) in [5.74, 6) is 0. The van der Waals surface area contributed by atoms with Crippen molar-refractivity contribution in [1.29, 1.82) is 0 Å². The van der Waals surface area contributed by atoms with Crippen LogP contribution in [0.3, 0.4) is 0 Å². The minimum atomic E-state index is 0.120. The van der Waals surface area contributed by atoms with E-state index in [0.29, 0.717) is 0 Å². The zero-order valence-electron chi connectivity index (χ0n) is 4.46. The molecule has 2 N–H and O–H groups in total. The molecule has 0 saturated heterocycles. The molecule has 1 heterocycles. The molecule has 0 unspecified atom stereocenters. The van der Waals surface area contributed by atoms with E-state index in [1.807, 2.05) is 12.1 Å². The summed E-state index contributed by atoms with van der Waals surface area (Å²) in [6.45, 7) is 0.120. The second kappa shape index (κ2) is 2.43. The maximum absolute atomic E-state index is 8.52. The highest BCUT2D eigenvalue weighted by Gasteiger charge is 1.85. The van der Waals surface area contributed by atoms with Crippen LogP contribution in [0.2, 0.25) is 0 Å². The number of aromatic nitrogens is 1. The molecule has 1 aromatic heterocycles. The van der Waals surface area contributed by atoms with Gasteiger partial charge in [0.2, 0.25) is 0 Å². The molecule has 0 aliphatic carbocycles. The monoisotopic (exact) mass is 110 g/mol. The summed E-state index contributed by atoms with van der Waals surface area (Å²) in [6.07, 6.45) is 3.57. The minimum Gasteiger partial charge on any atom is -0.392 e. The number of aromatic amines is 1. The van der Waals surface area contributed by atoms with Crippen LogP contribution in [0.5, 0.6) is 0 Å². The van der Waals surface area contributed by atoms with Gasteiger partial charge in [-0.2, -0.15) is 0 Å². The molecule has 42 valence electrons. The highest BCUT2D eigenvalue weighted by molar-refractivity contribution is 5.04. The number of hydrogen-bond acceptors (Lipinski definition) is 1. The third kappa shape index (κ3) is 1.04. The van der Waals surface area contributed by atoms with Crippen LogP contribution in [0.25, 0.3) is 0 Å². The first-order valence-electron chi connectivity index (χ1n) is 2.49. The van der Waals surface area contributed by atoms with Crippen molar-refractivity contribution in [2.75, 3.05) is 0 Å². The molecule has 2 heteroatoms. The largest absolute Gasteiger partial charge is 0.392 e. The van der Waals surface area contributed by atoms with Crippen molar-refractivity contribution < 1.29 is 10.1 Å². The van der Waals surface area contributed by atoms with Crippen molar-refractivity contribution >= 4 is 0 Å². The lowest BCUT2D eigenvalue weighted by molar-refractivity contribution is -0.378. The summed E-state index contributed by atoms with van der Waals surface area (Å²) < 4.78 is 0. The highest BCUT2D eigenvalue weighted by atomic mass is 16.3. The van der Waals surface area contributed by atoms with Crippen LogP contribution in [-0.2, 0) is 6.61 Å². The summed E-state index contributed by atoms with van der Waals surface area (Å²) in [5, 5.41) is 8.52.